The second-order valence-corrected chi connectivity index (χ2v) is 5.91. The van der Waals surface area contributed by atoms with E-state index in [1.807, 2.05) is 12.1 Å². The molecule has 2 rings (SSSR count). The third-order valence-corrected chi connectivity index (χ3v) is 4.12. The molecule has 1 unspecified atom stereocenters. The first-order chi connectivity index (χ1) is 8.65. The van der Waals surface area contributed by atoms with E-state index >= 15 is 0 Å². The van der Waals surface area contributed by atoms with Crippen LogP contribution in [0, 0.1) is 0 Å². The smallest absolute Gasteiger partial charge is 0.118 e. The third kappa shape index (κ3) is 3.82. The normalized spacial score (nSPS) is 17.8. The van der Waals surface area contributed by atoms with Crippen molar-refractivity contribution in [3.05, 3.63) is 34.3 Å². The molecule has 0 spiro atoms. The number of carboxylic acids is 1. The lowest BCUT2D eigenvalue weighted by molar-refractivity contribution is -0.932. The monoisotopic (exact) mass is 311 g/mol. The highest BCUT2D eigenvalue weighted by Crippen LogP contribution is 2.16. The van der Waals surface area contributed by atoms with Gasteiger partial charge in [0, 0.05) is 10.0 Å². The maximum atomic E-state index is 10.9. The summed E-state index contributed by atoms with van der Waals surface area (Å²) < 4.78 is 1.04. The van der Waals surface area contributed by atoms with Crippen LogP contribution >= 0.6 is 15.9 Å². The molecule has 0 heterocycles. The Hall–Kier alpha value is -0.870. The van der Waals surface area contributed by atoms with Crippen LogP contribution in [0.3, 0.4) is 0 Å². The number of quaternary nitrogens is 1. The maximum absolute atomic E-state index is 10.9. The van der Waals surface area contributed by atoms with Crippen LogP contribution in [-0.4, -0.2) is 18.6 Å². The number of aliphatic carboxylic acids is 1. The Morgan fingerprint density at radius 2 is 2.11 bits per heavy atom. The van der Waals surface area contributed by atoms with E-state index in [9.17, 15) is 9.90 Å². The molecule has 0 aromatic heterocycles. The van der Waals surface area contributed by atoms with E-state index in [1.54, 1.807) is 0 Å². The van der Waals surface area contributed by atoms with Crippen LogP contribution in [0.25, 0.3) is 0 Å². The van der Waals surface area contributed by atoms with Gasteiger partial charge in [-0.2, -0.15) is 0 Å². The summed E-state index contributed by atoms with van der Waals surface area (Å²) in [6, 6.07) is 8.56. The van der Waals surface area contributed by atoms with E-state index in [-0.39, 0.29) is 6.54 Å². The minimum Gasteiger partial charge on any atom is -0.544 e. The van der Waals surface area contributed by atoms with Crippen molar-refractivity contribution in [1.82, 2.24) is 0 Å². The topological polar surface area (TPSA) is 44.6 Å². The molecule has 1 aromatic rings. The highest BCUT2D eigenvalue weighted by atomic mass is 79.9. The summed E-state index contributed by atoms with van der Waals surface area (Å²) in [5, 5.41) is 10.9. The second-order valence-electron chi connectivity index (χ2n) is 5.00. The summed E-state index contributed by atoms with van der Waals surface area (Å²) in [4.78, 5) is 12.0. The first kappa shape index (κ1) is 13.6. The molecule has 18 heavy (non-hydrogen) atoms. The average Bonchev–Trinajstić information content (AvgIpc) is 2.80. The second kappa shape index (κ2) is 6.34. The van der Waals surface area contributed by atoms with Crippen molar-refractivity contribution in [2.75, 3.05) is 6.54 Å². The number of rotatable bonds is 5. The summed E-state index contributed by atoms with van der Waals surface area (Å²) in [7, 11) is 0. The SMILES string of the molecule is O=C([O-])C[NH+](Cc1cccc(Br)c1)C1CCCC1. The minimum absolute atomic E-state index is 0.108. The fraction of sp³-hybridized carbons (Fsp3) is 0.500. The number of hydrogen-bond donors (Lipinski definition) is 1. The number of carbonyl (C=O) groups is 1. The van der Waals surface area contributed by atoms with Gasteiger partial charge in [-0.15, -0.1) is 0 Å². The molecule has 1 atom stereocenters. The first-order valence-corrected chi connectivity index (χ1v) is 7.23. The highest BCUT2D eigenvalue weighted by molar-refractivity contribution is 9.10. The Kier molecular flexibility index (Phi) is 4.78. The number of carboxylic acid groups (broad SMARTS) is 1. The molecule has 1 aromatic carbocycles. The summed E-state index contributed by atoms with van der Waals surface area (Å²) in [5.41, 5.74) is 1.17. The van der Waals surface area contributed by atoms with Gasteiger partial charge in [-0.3, -0.25) is 0 Å². The van der Waals surface area contributed by atoms with Crippen LogP contribution in [0.5, 0.6) is 0 Å². The van der Waals surface area contributed by atoms with Crippen molar-refractivity contribution in [2.24, 2.45) is 0 Å². The highest BCUT2D eigenvalue weighted by Gasteiger charge is 2.26. The van der Waals surface area contributed by atoms with Gasteiger partial charge in [0.2, 0.25) is 0 Å². The third-order valence-electron chi connectivity index (χ3n) is 3.62. The summed E-state index contributed by atoms with van der Waals surface area (Å²) in [6.07, 6.45) is 4.71. The Morgan fingerprint density at radius 1 is 1.39 bits per heavy atom. The van der Waals surface area contributed by atoms with Crippen molar-refractivity contribution in [3.63, 3.8) is 0 Å². The zero-order valence-electron chi connectivity index (χ0n) is 10.3. The van der Waals surface area contributed by atoms with Crippen molar-refractivity contribution in [2.45, 2.75) is 38.3 Å². The van der Waals surface area contributed by atoms with Crippen molar-refractivity contribution in [3.8, 4) is 0 Å². The number of hydrogen-bond acceptors (Lipinski definition) is 2. The molecular weight excluding hydrogens is 294 g/mol. The van der Waals surface area contributed by atoms with Crippen LogP contribution in [-0.2, 0) is 11.3 Å². The molecule has 1 saturated carbocycles. The zero-order valence-corrected chi connectivity index (χ0v) is 11.9. The summed E-state index contributed by atoms with van der Waals surface area (Å²) in [5.74, 6) is -0.952. The predicted octanol–water partition coefficient (Wildman–Crippen LogP) is 0.527. The molecule has 1 fully saturated rings. The van der Waals surface area contributed by atoms with E-state index in [1.165, 1.54) is 18.4 Å². The van der Waals surface area contributed by atoms with Crippen LogP contribution < -0.4 is 10.0 Å². The van der Waals surface area contributed by atoms with Gasteiger partial charge in [-0.25, -0.2) is 0 Å². The number of halogens is 1. The van der Waals surface area contributed by atoms with Crippen LogP contribution in [0.4, 0.5) is 0 Å². The van der Waals surface area contributed by atoms with Gasteiger partial charge in [0.25, 0.3) is 0 Å². The number of nitrogens with one attached hydrogen (secondary N) is 1. The summed E-state index contributed by atoms with van der Waals surface area (Å²) >= 11 is 3.45. The lowest BCUT2D eigenvalue weighted by Crippen LogP contribution is -3.15. The average molecular weight is 312 g/mol. The molecule has 98 valence electrons. The molecule has 1 aliphatic carbocycles. The Morgan fingerprint density at radius 3 is 2.72 bits per heavy atom. The first-order valence-electron chi connectivity index (χ1n) is 6.44. The molecule has 1 N–H and O–H groups in total. The molecule has 0 amide bonds. The van der Waals surface area contributed by atoms with Gasteiger partial charge in [0.1, 0.15) is 13.1 Å². The fourth-order valence-corrected chi connectivity index (χ4v) is 3.23. The predicted molar refractivity (Wildman–Crippen MR) is 70.9 cm³/mol. The molecule has 0 aliphatic heterocycles. The van der Waals surface area contributed by atoms with Crippen molar-refractivity contribution < 1.29 is 14.8 Å². The van der Waals surface area contributed by atoms with Crippen molar-refractivity contribution >= 4 is 21.9 Å². The molecule has 0 bridgehead atoms. The standard InChI is InChI=1S/C14H18BrNO2/c15-12-5-3-4-11(8-12)9-16(10-14(17)18)13-6-1-2-7-13/h3-5,8,13H,1-2,6-7,9-10H2,(H,17,18). The quantitative estimate of drug-likeness (QED) is 0.862. The van der Waals surface area contributed by atoms with Crippen LogP contribution in [0.15, 0.2) is 28.7 Å². The molecule has 3 nitrogen and oxygen atoms in total. The van der Waals surface area contributed by atoms with Crippen LogP contribution in [0.1, 0.15) is 31.2 Å². The van der Waals surface area contributed by atoms with Crippen LogP contribution in [0.2, 0.25) is 0 Å². The molecule has 4 heteroatoms. The van der Waals surface area contributed by atoms with Gasteiger partial charge in [-0.1, -0.05) is 28.1 Å². The van der Waals surface area contributed by atoms with E-state index in [0.717, 1.165) is 28.8 Å². The maximum Gasteiger partial charge on any atom is 0.118 e. The minimum atomic E-state index is -0.952. The zero-order chi connectivity index (χ0) is 13.0. The largest absolute Gasteiger partial charge is 0.544 e. The Bertz CT molecular complexity index is 416. The van der Waals surface area contributed by atoms with Gasteiger partial charge < -0.3 is 14.8 Å². The Balaban J connectivity index is 2.06. The number of carbonyl (C=O) groups excluding carboxylic acids is 1. The fourth-order valence-electron chi connectivity index (χ4n) is 2.78. The van der Waals surface area contributed by atoms with E-state index in [2.05, 4.69) is 28.1 Å². The van der Waals surface area contributed by atoms with Crippen molar-refractivity contribution in [1.29, 1.82) is 0 Å². The molecule has 0 saturated heterocycles. The van der Waals surface area contributed by atoms with E-state index < -0.39 is 5.97 Å². The van der Waals surface area contributed by atoms with E-state index in [0.29, 0.717) is 6.04 Å². The Labute approximate surface area is 116 Å². The molecule has 1 aliphatic rings. The summed E-state index contributed by atoms with van der Waals surface area (Å²) in [6.45, 7) is 0.870. The number of benzene rings is 1. The van der Waals surface area contributed by atoms with Gasteiger partial charge in [0.15, 0.2) is 0 Å². The van der Waals surface area contributed by atoms with Gasteiger partial charge >= 0.3 is 0 Å². The lowest BCUT2D eigenvalue weighted by Gasteiger charge is -2.26. The molecule has 0 radical (unpaired) electrons. The van der Waals surface area contributed by atoms with E-state index in [4.69, 9.17) is 0 Å². The lowest BCUT2D eigenvalue weighted by atomic mass is 10.1. The van der Waals surface area contributed by atoms with Gasteiger partial charge in [-0.05, 0) is 37.8 Å². The van der Waals surface area contributed by atoms with Gasteiger partial charge in [0.05, 0.1) is 12.0 Å². The molecular formula is C14H18BrNO2.